The van der Waals surface area contributed by atoms with E-state index in [-0.39, 0.29) is 80.3 Å². The maximum Gasteiger partial charge on any atom is 0 e. The van der Waals surface area contributed by atoms with E-state index in [1.807, 2.05) is 24.3 Å². The van der Waals surface area contributed by atoms with Crippen molar-refractivity contribution in [2.24, 2.45) is 0 Å². The van der Waals surface area contributed by atoms with Crippen LogP contribution in [0.4, 0.5) is 0 Å². The van der Waals surface area contributed by atoms with E-state index in [0.717, 1.165) is 21.5 Å². The van der Waals surface area contributed by atoms with Gasteiger partial charge in [-0.3, -0.25) is 0 Å². The van der Waals surface area contributed by atoms with Crippen LogP contribution in [0.25, 0.3) is 21.5 Å². The van der Waals surface area contributed by atoms with Crippen LogP contribution in [0.15, 0.2) is 48.5 Å². The average Bonchev–Trinajstić information content (AvgIpc) is 2.26. The Morgan fingerprint density at radius 1 is 0.500 bits per heavy atom. The van der Waals surface area contributed by atoms with E-state index in [4.69, 9.17) is 0 Å². The van der Waals surface area contributed by atoms with Crippen molar-refractivity contribution in [1.29, 1.82) is 0 Å². The van der Waals surface area contributed by atoms with E-state index in [1.165, 1.54) is 0 Å². The number of benzene rings is 3. The van der Waals surface area contributed by atoms with Gasteiger partial charge in [-0.15, -0.1) is 24.3 Å². The van der Waals surface area contributed by atoms with Gasteiger partial charge in [0.2, 0.25) is 0 Å². The molecule has 3 aromatic carbocycles. The molecular weight excluding hydrogens is 370 g/mol. The monoisotopic (exact) mass is 384 g/mol. The van der Waals surface area contributed by atoms with Crippen molar-refractivity contribution in [3.8, 4) is 0 Å². The third-order valence-corrected chi connectivity index (χ3v) is 2.39. The second-order valence-corrected chi connectivity index (χ2v) is 3.34. The molecule has 0 saturated heterocycles. The van der Waals surface area contributed by atoms with Gasteiger partial charge in [0.15, 0.2) is 0 Å². The van der Waals surface area contributed by atoms with Gasteiger partial charge in [-0.2, -0.15) is 57.9 Å². The molecule has 0 atom stereocenters. The smallest absolute Gasteiger partial charge is 0 e. The standard InChI is InChI=1S/C14H8.2CH3.2Y/c1-2-6-12-10-14-8-4-3-7-13(14)9-11(12)5-1;;;;/h1-8H;2*1H3;;/q-2;2*-1;;. The summed E-state index contributed by atoms with van der Waals surface area (Å²) in [4.78, 5) is 0. The summed E-state index contributed by atoms with van der Waals surface area (Å²) in [5.41, 5.74) is 0. The Balaban J connectivity index is 0. The Bertz CT molecular complexity index is 498. The van der Waals surface area contributed by atoms with Gasteiger partial charge in [0.05, 0.1) is 0 Å². The van der Waals surface area contributed by atoms with Crippen molar-refractivity contribution in [1.82, 2.24) is 0 Å². The molecule has 0 aliphatic carbocycles. The molecule has 0 saturated carbocycles. The fourth-order valence-corrected chi connectivity index (χ4v) is 1.69. The fourth-order valence-electron chi connectivity index (χ4n) is 1.69. The molecule has 0 nitrogen and oxygen atoms in total. The number of rotatable bonds is 0. The first-order valence-electron chi connectivity index (χ1n) is 4.65. The molecule has 3 rings (SSSR count). The topological polar surface area (TPSA) is 0 Å². The van der Waals surface area contributed by atoms with Gasteiger partial charge in [-0.1, -0.05) is 0 Å². The van der Waals surface area contributed by atoms with Crippen LogP contribution < -0.4 is 0 Å². The molecule has 0 N–H and O–H groups in total. The van der Waals surface area contributed by atoms with E-state index in [9.17, 15) is 0 Å². The first kappa shape index (κ1) is 20.7. The summed E-state index contributed by atoms with van der Waals surface area (Å²) in [5, 5.41) is 4.52. The molecule has 0 spiro atoms. The van der Waals surface area contributed by atoms with Crippen LogP contribution in [0.2, 0.25) is 0 Å². The van der Waals surface area contributed by atoms with E-state index in [2.05, 4.69) is 36.4 Å². The van der Waals surface area contributed by atoms with Crippen molar-refractivity contribution < 1.29 is 65.4 Å². The molecule has 2 radical (unpaired) electrons. The zero-order chi connectivity index (χ0) is 9.38. The Morgan fingerprint density at radius 3 is 0.944 bits per heavy atom. The van der Waals surface area contributed by atoms with Gasteiger partial charge in [0.25, 0.3) is 0 Å². The minimum atomic E-state index is 0. The maximum atomic E-state index is 3.38. The zero-order valence-electron chi connectivity index (χ0n) is 10.8. The van der Waals surface area contributed by atoms with E-state index >= 15 is 0 Å². The molecular formula is C16H14Y2-4. The average molecular weight is 384 g/mol. The zero-order valence-corrected chi connectivity index (χ0v) is 16.5. The van der Waals surface area contributed by atoms with Crippen LogP contribution in [0, 0.1) is 27.0 Å². The van der Waals surface area contributed by atoms with Crippen LogP contribution >= 0.6 is 0 Å². The Hall–Kier alpha value is 0.388. The molecule has 0 bridgehead atoms. The Labute approximate surface area is 160 Å². The van der Waals surface area contributed by atoms with Crippen molar-refractivity contribution >= 4 is 21.5 Å². The largest absolute Gasteiger partial charge is 0.358 e. The fraction of sp³-hybridized carbons (Fsp3) is 0. The van der Waals surface area contributed by atoms with Gasteiger partial charge in [-0.05, 0) is 0 Å². The van der Waals surface area contributed by atoms with Crippen LogP contribution in [0.5, 0.6) is 0 Å². The number of hydrogen-bond donors (Lipinski definition) is 0. The molecule has 0 unspecified atom stereocenters. The molecule has 2 heteroatoms. The summed E-state index contributed by atoms with van der Waals surface area (Å²) in [7, 11) is 0. The molecule has 88 valence electrons. The van der Waals surface area contributed by atoms with E-state index < -0.39 is 0 Å². The molecule has 3 aromatic rings. The van der Waals surface area contributed by atoms with Crippen molar-refractivity contribution in [2.75, 3.05) is 0 Å². The predicted molar refractivity (Wildman–Crippen MR) is 72.0 cm³/mol. The van der Waals surface area contributed by atoms with Crippen LogP contribution in [-0.2, 0) is 65.4 Å². The van der Waals surface area contributed by atoms with Crippen LogP contribution in [0.3, 0.4) is 0 Å². The van der Waals surface area contributed by atoms with Crippen molar-refractivity contribution in [3.05, 3.63) is 75.5 Å². The van der Waals surface area contributed by atoms with Gasteiger partial charge in [0, 0.05) is 65.4 Å². The molecule has 0 fully saturated rings. The van der Waals surface area contributed by atoms with Gasteiger partial charge >= 0.3 is 0 Å². The summed E-state index contributed by atoms with van der Waals surface area (Å²) in [6.07, 6.45) is 0. The molecule has 0 heterocycles. The van der Waals surface area contributed by atoms with Crippen molar-refractivity contribution in [3.63, 3.8) is 0 Å². The molecule has 0 aliphatic heterocycles. The quantitative estimate of drug-likeness (QED) is 0.396. The second kappa shape index (κ2) is 9.32. The minimum absolute atomic E-state index is 0. The number of hydrogen-bond acceptors (Lipinski definition) is 0. The number of fused-ring (bicyclic) bond motifs is 2. The first-order valence-corrected chi connectivity index (χ1v) is 4.65. The summed E-state index contributed by atoms with van der Waals surface area (Å²) in [6.45, 7) is 0. The van der Waals surface area contributed by atoms with Crippen LogP contribution in [-0.4, -0.2) is 0 Å². The molecule has 0 aromatic heterocycles. The minimum Gasteiger partial charge on any atom is -0.358 e. The molecule has 0 amide bonds. The normalized spacial score (nSPS) is 8.44. The Kier molecular flexibility index (Phi) is 10.7. The summed E-state index contributed by atoms with van der Waals surface area (Å²) >= 11 is 0. The SMILES string of the molecule is [CH3-].[CH3-].[Y].[Y].[c-]1c2ccccc2[c-]c2ccccc12. The van der Waals surface area contributed by atoms with E-state index in [1.54, 1.807) is 0 Å². The summed E-state index contributed by atoms with van der Waals surface area (Å²) in [6, 6.07) is 23.1. The van der Waals surface area contributed by atoms with Gasteiger partial charge in [0.1, 0.15) is 0 Å². The molecule has 0 aliphatic rings. The third-order valence-electron chi connectivity index (χ3n) is 2.39. The Morgan fingerprint density at radius 2 is 0.722 bits per heavy atom. The van der Waals surface area contributed by atoms with Gasteiger partial charge in [-0.25, -0.2) is 0 Å². The first-order chi connectivity index (χ1) is 6.93. The molecule has 18 heavy (non-hydrogen) atoms. The summed E-state index contributed by atoms with van der Waals surface area (Å²) < 4.78 is 0. The van der Waals surface area contributed by atoms with E-state index in [0.29, 0.717) is 0 Å². The second-order valence-electron chi connectivity index (χ2n) is 3.34. The van der Waals surface area contributed by atoms with Crippen LogP contribution in [0.1, 0.15) is 0 Å². The third kappa shape index (κ3) is 4.20. The van der Waals surface area contributed by atoms with Gasteiger partial charge < -0.3 is 14.9 Å². The van der Waals surface area contributed by atoms with Crippen molar-refractivity contribution in [2.45, 2.75) is 0 Å². The predicted octanol–water partition coefficient (Wildman–Crippen LogP) is 4.49. The summed E-state index contributed by atoms with van der Waals surface area (Å²) in [5.74, 6) is 0. The maximum absolute atomic E-state index is 3.38.